The minimum atomic E-state index is -0.859. The first-order valence-corrected chi connectivity index (χ1v) is 11.3. The predicted molar refractivity (Wildman–Crippen MR) is 124 cm³/mol. The zero-order valence-electron chi connectivity index (χ0n) is 17.9. The van der Waals surface area contributed by atoms with Gasteiger partial charge in [0, 0.05) is 23.2 Å². The fourth-order valence-corrected chi connectivity index (χ4v) is 5.89. The van der Waals surface area contributed by atoms with Gasteiger partial charge in [0.25, 0.3) is 0 Å². The van der Waals surface area contributed by atoms with Gasteiger partial charge >= 0.3 is 0 Å². The maximum Gasteiger partial charge on any atom is 0.150 e. The first-order valence-electron chi connectivity index (χ1n) is 11.3. The van der Waals surface area contributed by atoms with Gasteiger partial charge in [-0.1, -0.05) is 78.9 Å². The van der Waals surface area contributed by atoms with Crippen LogP contribution in [0.25, 0.3) is 0 Å². The quantitative estimate of drug-likeness (QED) is 0.570. The van der Waals surface area contributed by atoms with Crippen molar-refractivity contribution in [3.8, 4) is 0 Å². The van der Waals surface area contributed by atoms with Crippen LogP contribution in [0.4, 0.5) is 0 Å². The Labute approximate surface area is 188 Å². The number of benzene rings is 3. The Hall–Kier alpha value is -3.08. The largest absolute Gasteiger partial charge is 0.385 e. The summed E-state index contributed by atoms with van der Waals surface area (Å²) in [6, 6.07) is 25.3. The van der Waals surface area contributed by atoms with Gasteiger partial charge in [-0.15, -0.1) is 0 Å². The molecular formula is C28H27NO3. The number of hydrogen-bond donors (Lipinski definition) is 1. The van der Waals surface area contributed by atoms with Gasteiger partial charge in [0.15, 0.2) is 0 Å². The van der Waals surface area contributed by atoms with Crippen LogP contribution in [0.15, 0.2) is 78.9 Å². The number of carbonyl (C=O) groups is 2. The summed E-state index contributed by atoms with van der Waals surface area (Å²) in [4.78, 5) is 26.3. The zero-order chi connectivity index (χ0) is 22.1. The Kier molecular flexibility index (Phi) is 5.50. The lowest BCUT2D eigenvalue weighted by molar-refractivity contribution is -0.0658. The molecule has 0 radical (unpaired) electrons. The number of aldehydes is 2. The molecule has 2 unspecified atom stereocenters. The average molecular weight is 426 g/mol. The summed E-state index contributed by atoms with van der Waals surface area (Å²) in [5, 5.41) is 11.6. The third-order valence-electron chi connectivity index (χ3n) is 7.27. The molecule has 2 bridgehead atoms. The van der Waals surface area contributed by atoms with E-state index in [1.165, 1.54) is 0 Å². The highest BCUT2D eigenvalue weighted by Gasteiger charge is 2.51. The maximum atomic E-state index is 11.9. The average Bonchev–Trinajstić information content (AvgIpc) is 3.11. The summed E-state index contributed by atoms with van der Waals surface area (Å²) in [5.41, 5.74) is 3.22. The van der Waals surface area contributed by atoms with E-state index in [1.807, 2.05) is 78.9 Å². The number of rotatable bonds is 6. The van der Waals surface area contributed by atoms with Crippen molar-refractivity contribution in [1.29, 1.82) is 0 Å². The molecule has 2 saturated heterocycles. The minimum absolute atomic E-state index is 0.156. The Morgan fingerprint density at radius 3 is 1.72 bits per heavy atom. The van der Waals surface area contributed by atoms with Crippen molar-refractivity contribution in [2.75, 3.05) is 0 Å². The monoisotopic (exact) mass is 425 g/mol. The summed E-state index contributed by atoms with van der Waals surface area (Å²) in [6.07, 6.45) is 5.05. The summed E-state index contributed by atoms with van der Waals surface area (Å²) in [6.45, 7) is 0. The predicted octanol–water partition coefficient (Wildman–Crippen LogP) is 4.92. The number of aliphatic hydroxyl groups is 1. The van der Waals surface area contributed by atoms with Crippen LogP contribution >= 0.6 is 0 Å². The molecule has 2 aliphatic rings. The third-order valence-corrected chi connectivity index (χ3v) is 7.27. The number of nitrogens with zero attached hydrogens (tertiary/aromatic N) is 1. The van der Waals surface area contributed by atoms with E-state index in [0.717, 1.165) is 42.1 Å². The van der Waals surface area contributed by atoms with Crippen LogP contribution in [0.1, 0.15) is 69.1 Å². The van der Waals surface area contributed by atoms with Crippen LogP contribution in [0.2, 0.25) is 0 Å². The molecule has 0 spiro atoms. The lowest BCUT2D eigenvalue weighted by atomic mass is 9.78. The van der Waals surface area contributed by atoms with E-state index in [9.17, 15) is 14.7 Å². The van der Waals surface area contributed by atoms with E-state index >= 15 is 0 Å². The second kappa shape index (κ2) is 8.45. The normalized spacial score (nSPS) is 25.1. The molecule has 0 aromatic heterocycles. The van der Waals surface area contributed by atoms with Crippen LogP contribution in [0, 0.1) is 0 Å². The van der Waals surface area contributed by atoms with Crippen LogP contribution in [0.3, 0.4) is 0 Å². The summed E-state index contributed by atoms with van der Waals surface area (Å²) >= 11 is 0. The van der Waals surface area contributed by atoms with Crippen molar-refractivity contribution in [3.05, 3.63) is 107 Å². The maximum absolute atomic E-state index is 11.9. The van der Waals surface area contributed by atoms with Gasteiger partial charge in [-0.3, -0.25) is 14.5 Å². The van der Waals surface area contributed by atoms with E-state index in [1.54, 1.807) is 0 Å². The highest BCUT2D eigenvalue weighted by atomic mass is 16.3. The molecule has 2 aliphatic heterocycles. The van der Waals surface area contributed by atoms with E-state index in [-0.39, 0.29) is 18.1 Å². The molecule has 3 aromatic rings. The lowest BCUT2D eigenvalue weighted by Gasteiger charge is -2.48. The summed E-state index contributed by atoms with van der Waals surface area (Å²) in [7, 11) is 0. The van der Waals surface area contributed by atoms with Gasteiger partial charge in [-0.25, -0.2) is 0 Å². The Balaban J connectivity index is 1.61. The number of fused-ring (bicyclic) bond motifs is 2. The first kappa shape index (κ1) is 20.8. The number of carbonyl (C=O) groups excluding carboxylic acids is 2. The van der Waals surface area contributed by atoms with Crippen LogP contribution in [-0.4, -0.2) is 34.7 Å². The fourth-order valence-electron chi connectivity index (χ4n) is 5.89. The standard InChI is InChI=1S/C28H27NO3/c30-18-20-8-4-6-12-25(20)27(26-13-7-5-9-21(26)19-31)29-23-14-15-24(29)17-28(32,16-23)22-10-2-1-3-11-22/h1-13,18-19,23-24,27,32H,14-17H2. The number of piperidine rings is 1. The molecule has 4 nitrogen and oxygen atoms in total. The topological polar surface area (TPSA) is 57.6 Å². The van der Waals surface area contributed by atoms with E-state index in [2.05, 4.69) is 4.90 Å². The van der Waals surface area contributed by atoms with Crippen LogP contribution in [-0.2, 0) is 5.60 Å². The molecule has 2 fully saturated rings. The SMILES string of the molecule is O=Cc1ccccc1C(c1ccccc1C=O)N1C2CCC1CC(O)(c1ccccc1)C2. The van der Waals surface area contributed by atoms with Crippen LogP contribution < -0.4 is 0 Å². The van der Waals surface area contributed by atoms with Crippen molar-refractivity contribution < 1.29 is 14.7 Å². The Morgan fingerprint density at radius 2 is 1.22 bits per heavy atom. The van der Waals surface area contributed by atoms with Gasteiger partial charge in [0.05, 0.1) is 11.6 Å². The van der Waals surface area contributed by atoms with Gasteiger partial charge in [0.1, 0.15) is 12.6 Å². The van der Waals surface area contributed by atoms with Crippen molar-refractivity contribution in [2.45, 2.75) is 49.4 Å². The van der Waals surface area contributed by atoms with Crippen LogP contribution in [0.5, 0.6) is 0 Å². The lowest BCUT2D eigenvalue weighted by Crippen LogP contribution is -2.51. The smallest absolute Gasteiger partial charge is 0.150 e. The molecule has 2 heterocycles. The minimum Gasteiger partial charge on any atom is -0.385 e. The third kappa shape index (κ3) is 3.50. The molecule has 0 amide bonds. The van der Waals surface area contributed by atoms with E-state index in [4.69, 9.17) is 0 Å². The molecule has 3 aromatic carbocycles. The first-order chi connectivity index (χ1) is 15.6. The van der Waals surface area contributed by atoms with E-state index in [0.29, 0.717) is 24.0 Å². The van der Waals surface area contributed by atoms with Crippen molar-refractivity contribution in [2.24, 2.45) is 0 Å². The molecule has 0 saturated carbocycles. The Morgan fingerprint density at radius 1 is 0.750 bits per heavy atom. The highest BCUT2D eigenvalue weighted by molar-refractivity contribution is 5.80. The molecular weight excluding hydrogens is 398 g/mol. The van der Waals surface area contributed by atoms with Crippen molar-refractivity contribution in [3.63, 3.8) is 0 Å². The van der Waals surface area contributed by atoms with Crippen molar-refractivity contribution in [1.82, 2.24) is 4.90 Å². The molecule has 1 N–H and O–H groups in total. The van der Waals surface area contributed by atoms with Gasteiger partial charge in [-0.2, -0.15) is 0 Å². The zero-order valence-corrected chi connectivity index (χ0v) is 17.9. The van der Waals surface area contributed by atoms with Crippen molar-refractivity contribution >= 4 is 12.6 Å². The van der Waals surface area contributed by atoms with Gasteiger partial charge < -0.3 is 5.11 Å². The van der Waals surface area contributed by atoms with Gasteiger partial charge in [-0.05, 0) is 42.4 Å². The molecule has 2 atom stereocenters. The fraction of sp³-hybridized carbons (Fsp3) is 0.286. The molecule has 32 heavy (non-hydrogen) atoms. The Bertz CT molecular complexity index is 1060. The molecule has 0 aliphatic carbocycles. The molecule has 4 heteroatoms. The highest BCUT2D eigenvalue weighted by Crippen LogP contribution is 2.50. The van der Waals surface area contributed by atoms with E-state index < -0.39 is 5.60 Å². The summed E-state index contributed by atoms with van der Waals surface area (Å²) < 4.78 is 0. The second-order valence-corrected chi connectivity index (χ2v) is 9.03. The number of hydrogen-bond acceptors (Lipinski definition) is 4. The molecule has 162 valence electrons. The molecule has 5 rings (SSSR count). The van der Waals surface area contributed by atoms with Gasteiger partial charge in [0.2, 0.25) is 0 Å². The second-order valence-electron chi connectivity index (χ2n) is 9.03. The summed E-state index contributed by atoms with van der Waals surface area (Å²) in [5.74, 6) is 0.